The van der Waals surface area contributed by atoms with E-state index in [0.717, 1.165) is 0 Å². The lowest BCUT2D eigenvalue weighted by atomic mass is 9.64. The lowest BCUT2D eigenvalue weighted by Crippen LogP contribution is -2.54. The van der Waals surface area contributed by atoms with Crippen molar-refractivity contribution in [3.8, 4) is 0 Å². The van der Waals surface area contributed by atoms with Crippen molar-refractivity contribution in [2.75, 3.05) is 13.7 Å². The van der Waals surface area contributed by atoms with E-state index in [0.29, 0.717) is 11.3 Å². The molecule has 4 nitrogen and oxygen atoms in total. The summed E-state index contributed by atoms with van der Waals surface area (Å²) in [5.41, 5.74) is 5.61. The molecule has 1 aromatic rings. The van der Waals surface area contributed by atoms with Crippen molar-refractivity contribution in [1.82, 2.24) is 4.98 Å². The van der Waals surface area contributed by atoms with Gasteiger partial charge >= 0.3 is 5.97 Å². The highest BCUT2D eigenvalue weighted by atomic mass is 19.3. The summed E-state index contributed by atoms with van der Waals surface area (Å²) in [6, 6.07) is 3.08. The lowest BCUT2D eigenvalue weighted by molar-refractivity contribution is -0.125. The lowest BCUT2D eigenvalue weighted by Gasteiger charge is -2.46. The molecule has 1 fully saturated rings. The third-order valence-corrected chi connectivity index (χ3v) is 3.31. The fourth-order valence-corrected chi connectivity index (χ4v) is 2.31. The summed E-state index contributed by atoms with van der Waals surface area (Å²) >= 11 is 0. The summed E-state index contributed by atoms with van der Waals surface area (Å²) < 4.78 is 30.6. The summed E-state index contributed by atoms with van der Waals surface area (Å²) in [5.74, 6) is -3.17. The molecule has 0 bridgehead atoms. The molecular weight excluding hydrogens is 242 g/mol. The van der Waals surface area contributed by atoms with Gasteiger partial charge in [0.25, 0.3) is 0 Å². The van der Waals surface area contributed by atoms with Crippen LogP contribution >= 0.6 is 0 Å². The Morgan fingerprint density at radius 2 is 2.17 bits per heavy atom. The number of carbonyl (C=O) groups excluding carboxylic acids is 1. The van der Waals surface area contributed by atoms with Crippen LogP contribution in [0, 0.1) is 0 Å². The van der Waals surface area contributed by atoms with Crippen molar-refractivity contribution in [2.45, 2.75) is 24.2 Å². The van der Waals surface area contributed by atoms with Gasteiger partial charge in [0, 0.05) is 36.7 Å². The number of esters is 1. The summed E-state index contributed by atoms with van der Waals surface area (Å²) in [6.07, 6.45) is 0.747. The number of hydrogen-bond acceptors (Lipinski definition) is 4. The SMILES string of the molecule is COC(=O)c1ccc(C2(CN)CC(F)(F)C2)nc1. The zero-order chi connectivity index (χ0) is 13.4. The third kappa shape index (κ3) is 2.08. The molecule has 2 N–H and O–H groups in total. The van der Waals surface area contributed by atoms with Gasteiger partial charge in [0.15, 0.2) is 0 Å². The van der Waals surface area contributed by atoms with Crippen LogP contribution in [-0.4, -0.2) is 30.5 Å². The van der Waals surface area contributed by atoms with Crippen molar-refractivity contribution < 1.29 is 18.3 Å². The van der Waals surface area contributed by atoms with E-state index in [1.807, 2.05) is 0 Å². The highest BCUT2D eigenvalue weighted by molar-refractivity contribution is 5.88. The molecular formula is C12H14F2N2O2. The van der Waals surface area contributed by atoms with Crippen LogP contribution < -0.4 is 5.73 Å². The molecule has 1 aliphatic rings. The van der Waals surface area contributed by atoms with Gasteiger partial charge in [0.1, 0.15) is 0 Å². The van der Waals surface area contributed by atoms with Crippen LogP contribution in [0.4, 0.5) is 8.78 Å². The Hall–Kier alpha value is -1.56. The van der Waals surface area contributed by atoms with E-state index >= 15 is 0 Å². The van der Waals surface area contributed by atoms with Crippen LogP contribution in [0.25, 0.3) is 0 Å². The minimum absolute atomic E-state index is 0.118. The first-order chi connectivity index (χ1) is 8.42. The molecule has 0 unspecified atom stereocenters. The van der Waals surface area contributed by atoms with Gasteiger partial charge in [0.2, 0.25) is 5.92 Å². The molecule has 0 radical (unpaired) electrons. The maximum absolute atomic E-state index is 13.0. The predicted octanol–water partition coefficient (Wildman–Crippen LogP) is 1.49. The number of carbonyl (C=O) groups is 1. The van der Waals surface area contributed by atoms with Crippen molar-refractivity contribution in [1.29, 1.82) is 0 Å². The van der Waals surface area contributed by atoms with Gasteiger partial charge in [-0.25, -0.2) is 13.6 Å². The summed E-state index contributed by atoms with van der Waals surface area (Å²) in [6.45, 7) is 0.118. The van der Waals surface area contributed by atoms with Crippen LogP contribution in [0.5, 0.6) is 0 Å². The smallest absolute Gasteiger partial charge is 0.339 e. The number of nitrogens with zero attached hydrogens (tertiary/aromatic N) is 1. The van der Waals surface area contributed by atoms with Gasteiger partial charge in [-0.05, 0) is 12.1 Å². The van der Waals surface area contributed by atoms with E-state index in [4.69, 9.17) is 5.73 Å². The Balaban J connectivity index is 2.22. The van der Waals surface area contributed by atoms with Gasteiger partial charge in [-0.15, -0.1) is 0 Å². The first-order valence-corrected chi connectivity index (χ1v) is 5.55. The maximum atomic E-state index is 13.0. The predicted molar refractivity (Wildman–Crippen MR) is 60.5 cm³/mol. The average molecular weight is 256 g/mol. The molecule has 1 heterocycles. The molecule has 1 aromatic heterocycles. The highest BCUT2D eigenvalue weighted by Gasteiger charge is 2.57. The minimum Gasteiger partial charge on any atom is -0.465 e. The molecule has 98 valence electrons. The number of methoxy groups -OCH3 is 1. The van der Waals surface area contributed by atoms with Crippen LogP contribution in [0.3, 0.4) is 0 Å². The Morgan fingerprint density at radius 1 is 1.50 bits per heavy atom. The molecule has 6 heteroatoms. The molecule has 0 saturated heterocycles. The topological polar surface area (TPSA) is 65.2 Å². The number of aromatic nitrogens is 1. The number of pyridine rings is 1. The first-order valence-electron chi connectivity index (χ1n) is 5.55. The molecule has 0 spiro atoms. The van der Waals surface area contributed by atoms with Gasteiger partial charge in [-0.1, -0.05) is 0 Å². The van der Waals surface area contributed by atoms with Crippen molar-refractivity contribution in [3.05, 3.63) is 29.6 Å². The summed E-state index contributed by atoms with van der Waals surface area (Å²) in [7, 11) is 1.27. The number of halogens is 2. The van der Waals surface area contributed by atoms with Crippen molar-refractivity contribution >= 4 is 5.97 Å². The second kappa shape index (κ2) is 4.28. The monoisotopic (exact) mass is 256 g/mol. The van der Waals surface area contributed by atoms with Gasteiger partial charge in [-0.2, -0.15) is 0 Å². The second-order valence-electron chi connectivity index (χ2n) is 4.62. The minimum atomic E-state index is -2.66. The fraction of sp³-hybridized carbons (Fsp3) is 0.500. The van der Waals surface area contributed by atoms with E-state index in [1.54, 1.807) is 6.07 Å². The number of hydrogen-bond donors (Lipinski definition) is 1. The molecule has 0 atom stereocenters. The van der Waals surface area contributed by atoms with Crippen LogP contribution in [0.2, 0.25) is 0 Å². The molecule has 1 aliphatic carbocycles. The zero-order valence-electron chi connectivity index (χ0n) is 9.95. The largest absolute Gasteiger partial charge is 0.465 e. The molecule has 0 aliphatic heterocycles. The normalized spacial score (nSPS) is 20.0. The summed E-state index contributed by atoms with van der Waals surface area (Å²) in [5, 5.41) is 0. The van der Waals surface area contributed by atoms with Gasteiger partial charge in [0.05, 0.1) is 12.7 Å². The Kier molecular flexibility index (Phi) is 3.06. The van der Waals surface area contributed by atoms with E-state index in [2.05, 4.69) is 9.72 Å². The number of nitrogens with two attached hydrogens (primary N) is 1. The first kappa shape index (κ1) is 12.9. The second-order valence-corrected chi connectivity index (χ2v) is 4.62. The molecule has 0 aromatic carbocycles. The van der Waals surface area contributed by atoms with Crippen molar-refractivity contribution in [2.24, 2.45) is 5.73 Å². The fourth-order valence-electron chi connectivity index (χ4n) is 2.31. The van der Waals surface area contributed by atoms with E-state index in [1.165, 1.54) is 19.4 Å². The highest BCUT2D eigenvalue weighted by Crippen LogP contribution is 2.52. The molecule has 2 rings (SSSR count). The number of ether oxygens (including phenoxy) is 1. The van der Waals surface area contributed by atoms with Crippen LogP contribution in [-0.2, 0) is 10.2 Å². The Labute approximate surface area is 103 Å². The Morgan fingerprint density at radius 3 is 2.56 bits per heavy atom. The van der Waals surface area contributed by atoms with Crippen LogP contribution in [0.1, 0.15) is 28.9 Å². The van der Waals surface area contributed by atoms with E-state index in [-0.39, 0.29) is 19.4 Å². The Bertz CT molecular complexity index is 452. The van der Waals surface area contributed by atoms with Crippen LogP contribution in [0.15, 0.2) is 18.3 Å². The molecule has 0 amide bonds. The molecule has 18 heavy (non-hydrogen) atoms. The number of alkyl halides is 2. The third-order valence-electron chi connectivity index (χ3n) is 3.31. The maximum Gasteiger partial charge on any atom is 0.339 e. The van der Waals surface area contributed by atoms with Gasteiger partial charge in [-0.3, -0.25) is 4.98 Å². The van der Waals surface area contributed by atoms with E-state index in [9.17, 15) is 13.6 Å². The standard InChI is InChI=1S/C12H14F2N2O2/c1-18-10(17)8-2-3-9(16-4-8)11(7-15)5-12(13,14)6-11/h2-4H,5-7,15H2,1H3. The van der Waals surface area contributed by atoms with Gasteiger partial charge < -0.3 is 10.5 Å². The quantitative estimate of drug-likeness (QED) is 0.832. The average Bonchev–Trinajstić information content (AvgIpc) is 2.34. The van der Waals surface area contributed by atoms with E-state index < -0.39 is 17.3 Å². The summed E-state index contributed by atoms with van der Waals surface area (Å²) in [4.78, 5) is 15.3. The zero-order valence-corrected chi connectivity index (χ0v) is 9.95. The molecule has 1 saturated carbocycles. The number of rotatable bonds is 3. The van der Waals surface area contributed by atoms with Crippen molar-refractivity contribution in [3.63, 3.8) is 0 Å².